The lowest BCUT2D eigenvalue weighted by Gasteiger charge is -2.08. The third-order valence-electron chi connectivity index (χ3n) is 3.05. The number of hydrogen-bond acceptors (Lipinski definition) is 5. The number of nitrogens with zero attached hydrogens (tertiary/aromatic N) is 1. The second-order valence-electron chi connectivity index (χ2n) is 4.53. The molecule has 5 nitrogen and oxygen atoms in total. The number of halogens is 1. The molecule has 0 aliphatic carbocycles. The van der Waals surface area contributed by atoms with Gasteiger partial charge in [0.15, 0.2) is 5.69 Å². The van der Waals surface area contributed by atoms with Crippen LogP contribution < -0.4 is 0 Å². The van der Waals surface area contributed by atoms with E-state index in [-0.39, 0.29) is 17.1 Å². The van der Waals surface area contributed by atoms with E-state index in [1.165, 1.54) is 38.6 Å². The summed E-state index contributed by atoms with van der Waals surface area (Å²) in [7, 11) is 2.42. The van der Waals surface area contributed by atoms with Crippen molar-refractivity contribution in [1.29, 1.82) is 0 Å². The quantitative estimate of drug-likeness (QED) is 0.811. The maximum atomic E-state index is 12.9. The van der Waals surface area contributed by atoms with Gasteiger partial charge in [-0.2, -0.15) is 0 Å². The highest BCUT2D eigenvalue weighted by molar-refractivity contribution is 6.01. The number of benzene rings is 1. The van der Waals surface area contributed by atoms with Crippen LogP contribution in [0, 0.1) is 5.82 Å². The Morgan fingerprint density at radius 2 is 1.68 bits per heavy atom. The highest BCUT2D eigenvalue weighted by Crippen LogP contribution is 2.15. The van der Waals surface area contributed by atoms with Crippen LogP contribution in [-0.2, 0) is 15.9 Å². The molecule has 2 rings (SSSR count). The standard InChI is InChI=1S/C16H14FNO4/c1-21-15(19)13-8-11(9-18-14(13)16(20)22-2)7-10-3-5-12(17)6-4-10/h3-6,8-9H,7H2,1-2H3. The first-order valence-electron chi connectivity index (χ1n) is 6.45. The van der Waals surface area contributed by atoms with Crippen LogP contribution in [-0.4, -0.2) is 31.1 Å². The van der Waals surface area contributed by atoms with Gasteiger partial charge in [-0.25, -0.2) is 19.0 Å². The minimum absolute atomic E-state index is 0.0361. The van der Waals surface area contributed by atoms with Gasteiger partial charge in [0, 0.05) is 6.20 Å². The topological polar surface area (TPSA) is 65.5 Å². The Kier molecular flexibility index (Phi) is 4.83. The maximum Gasteiger partial charge on any atom is 0.357 e. The molecule has 0 aliphatic rings. The molecule has 0 amide bonds. The zero-order valence-corrected chi connectivity index (χ0v) is 12.1. The SMILES string of the molecule is COC(=O)c1cc(Cc2ccc(F)cc2)cnc1C(=O)OC. The van der Waals surface area contributed by atoms with Crippen LogP contribution >= 0.6 is 0 Å². The summed E-state index contributed by atoms with van der Waals surface area (Å²) in [5, 5.41) is 0. The van der Waals surface area contributed by atoms with Crippen molar-refractivity contribution < 1.29 is 23.5 Å². The molecule has 1 heterocycles. The average molecular weight is 303 g/mol. The van der Waals surface area contributed by atoms with Crippen LogP contribution in [0.25, 0.3) is 0 Å². The Morgan fingerprint density at radius 3 is 2.27 bits per heavy atom. The summed E-state index contributed by atoms with van der Waals surface area (Å²) in [5.74, 6) is -1.71. The predicted octanol–water partition coefficient (Wildman–Crippen LogP) is 2.38. The first-order chi connectivity index (χ1) is 10.5. The van der Waals surface area contributed by atoms with E-state index in [9.17, 15) is 14.0 Å². The van der Waals surface area contributed by atoms with Gasteiger partial charge >= 0.3 is 11.9 Å². The molecule has 0 atom stereocenters. The average Bonchev–Trinajstić information content (AvgIpc) is 2.55. The summed E-state index contributed by atoms with van der Waals surface area (Å²) in [6.07, 6.45) is 1.92. The Bertz CT molecular complexity index is 698. The molecular formula is C16H14FNO4. The lowest BCUT2D eigenvalue weighted by Crippen LogP contribution is -2.14. The lowest BCUT2D eigenvalue weighted by atomic mass is 10.0. The number of pyridine rings is 1. The van der Waals surface area contributed by atoms with E-state index in [2.05, 4.69) is 14.5 Å². The smallest absolute Gasteiger partial charge is 0.357 e. The summed E-state index contributed by atoms with van der Waals surface area (Å²) >= 11 is 0. The van der Waals surface area contributed by atoms with Crippen molar-refractivity contribution in [3.8, 4) is 0 Å². The zero-order valence-electron chi connectivity index (χ0n) is 12.1. The van der Waals surface area contributed by atoms with E-state index < -0.39 is 11.9 Å². The molecule has 2 aromatic rings. The van der Waals surface area contributed by atoms with Crippen LogP contribution in [0.15, 0.2) is 36.5 Å². The monoisotopic (exact) mass is 303 g/mol. The Morgan fingerprint density at radius 1 is 1.05 bits per heavy atom. The van der Waals surface area contributed by atoms with Crippen molar-refractivity contribution in [3.05, 3.63) is 64.7 Å². The molecule has 0 bridgehead atoms. The van der Waals surface area contributed by atoms with E-state index in [4.69, 9.17) is 0 Å². The third-order valence-corrected chi connectivity index (χ3v) is 3.05. The summed E-state index contributed by atoms with van der Waals surface area (Å²) in [6, 6.07) is 7.51. The molecule has 1 aromatic heterocycles. The molecule has 0 unspecified atom stereocenters. The minimum atomic E-state index is -0.714. The van der Waals surface area contributed by atoms with Crippen molar-refractivity contribution in [2.75, 3.05) is 14.2 Å². The first-order valence-corrected chi connectivity index (χ1v) is 6.45. The molecule has 114 valence electrons. The summed E-state index contributed by atoms with van der Waals surface area (Å²) < 4.78 is 22.1. The molecule has 22 heavy (non-hydrogen) atoms. The molecule has 0 fully saturated rings. The molecule has 6 heteroatoms. The number of hydrogen-bond donors (Lipinski definition) is 0. The van der Waals surface area contributed by atoms with Gasteiger partial charge in [-0.3, -0.25) is 0 Å². The fourth-order valence-corrected chi connectivity index (χ4v) is 1.97. The van der Waals surface area contributed by atoms with Gasteiger partial charge in [-0.1, -0.05) is 12.1 Å². The van der Waals surface area contributed by atoms with Gasteiger partial charge in [-0.05, 0) is 35.7 Å². The molecular weight excluding hydrogens is 289 g/mol. The first kappa shape index (κ1) is 15.6. The van der Waals surface area contributed by atoms with E-state index >= 15 is 0 Å². The molecule has 0 N–H and O–H groups in total. The molecule has 0 aliphatic heterocycles. The van der Waals surface area contributed by atoms with Gasteiger partial charge in [0.1, 0.15) is 5.82 Å². The van der Waals surface area contributed by atoms with Gasteiger partial charge in [0.2, 0.25) is 0 Å². The number of aromatic nitrogens is 1. The fourth-order valence-electron chi connectivity index (χ4n) is 1.97. The number of carbonyl (C=O) groups excluding carboxylic acids is 2. The van der Waals surface area contributed by atoms with Crippen molar-refractivity contribution in [3.63, 3.8) is 0 Å². The second-order valence-corrected chi connectivity index (χ2v) is 4.53. The molecule has 0 saturated heterocycles. The lowest BCUT2D eigenvalue weighted by molar-refractivity contribution is 0.0549. The predicted molar refractivity (Wildman–Crippen MR) is 76.1 cm³/mol. The molecule has 0 radical (unpaired) electrons. The van der Waals surface area contributed by atoms with E-state index in [0.717, 1.165) is 5.56 Å². The van der Waals surface area contributed by atoms with Gasteiger partial charge in [-0.15, -0.1) is 0 Å². The normalized spacial score (nSPS) is 10.1. The Labute approximate surface area is 126 Å². The van der Waals surface area contributed by atoms with Crippen LogP contribution in [0.4, 0.5) is 4.39 Å². The number of ether oxygens (including phenoxy) is 2. The van der Waals surface area contributed by atoms with Crippen LogP contribution in [0.3, 0.4) is 0 Å². The van der Waals surface area contributed by atoms with Gasteiger partial charge < -0.3 is 9.47 Å². The summed E-state index contributed by atoms with van der Waals surface area (Å²) in [6.45, 7) is 0. The van der Waals surface area contributed by atoms with Gasteiger partial charge in [0.05, 0.1) is 19.8 Å². The molecule has 0 saturated carbocycles. The van der Waals surface area contributed by atoms with E-state index in [1.54, 1.807) is 12.1 Å². The third kappa shape index (κ3) is 3.46. The zero-order chi connectivity index (χ0) is 16.1. The van der Waals surface area contributed by atoms with Crippen molar-refractivity contribution in [1.82, 2.24) is 4.98 Å². The largest absolute Gasteiger partial charge is 0.465 e. The van der Waals surface area contributed by atoms with E-state index in [1.807, 2.05) is 0 Å². The minimum Gasteiger partial charge on any atom is -0.465 e. The summed E-state index contributed by atoms with van der Waals surface area (Å²) in [4.78, 5) is 27.4. The number of esters is 2. The molecule has 0 spiro atoms. The van der Waals surface area contributed by atoms with Crippen molar-refractivity contribution in [2.24, 2.45) is 0 Å². The maximum absolute atomic E-state index is 12.9. The van der Waals surface area contributed by atoms with Crippen LogP contribution in [0.2, 0.25) is 0 Å². The van der Waals surface area contributed by atoms with Gasteiger partial charge in [0.25, 0.3) is 0 Å². The Hall–Kier alpha value is -2.76. The highest BCUT2D eigenvalue weighted by Gasteiger charge is 2.20. The summed E-state index contributed by atoms with van der Waals surface area (Å²) in [5.41, 5.74) is 1.48. The van der Waals surface area contributed by atoms with E-state index in [0.29, 0.717) is 12.0 Å². The highest BCUT2D eigenvalue weighted by atomic mass is 19.1. The number of carbonyl (C=O) groups is 2. The second kappa shape index (κ2) is 6.80. The Balaban J connectivity index is 2.35. The van der Waals surface area contributed by atoms with Crippen LogP contribution in [0.1, 0.15) is 32.0 Å². The molecule has 1 aromatic carbocycles. The fraction of sp³-hybridized carbons (Fsp3) is 0.188. The van der Waals surface area contributed by atoms with Crippen molar-refractivity contribution in [2.45, 2.75) is 6.42 Å². The number of methoxy groups -OCH3 is 2. The van der Waals surface area contributed by atoms with Crippen molar-refractivity contribution >= 4 is 11.9 Å². The van der Waals surface area contributed by atoms with Crippen LogP contribution in [0.5, 0.6) is 0 Å². The number of rotatable bonds is 4.